The van der Waals surface area contributed by atoms with Gasteiger partial charge in [-0.05, 0) is 30.7 Å². The van der Waals surface area contributed by atoms with Crippen LogP contribution in [0.1, 0.15) is 19.8 Å². The number of carbonyl (C=O) groups is 1. The Kier molecular flexibility index (Phi) is 4.76. The Morgan fingerprint density at radius 2 is 2.10 bits per heavy atom. The minimum Gasteiger partial charge on any atom is -0.399 e. The molecule has 106 valence electrons. The van der Waals surface area contributed by atoms with Gasteiger partial charge in [-0.25, -0.2) is 4.98 Å². The number of nitrogen functional groups attached to an aromatic ring is 1. The van der Waals surface area contributed by atoms with Gasteiger partial charge in [0.15, 0.2) is 0 Å². The first-order chi connectivity index (χ1) is 9.70. The molecule has 1 amide bonds. The molecule has 1 heterocycles. The zero-order chi connectivity index (χ0) is 14.4. The van der Waals surface area contributed by atoms with Crippen molar-refractivity contribution in [3.63, 3.8) is 0 Å². The first-order valence-corrected chi connectivity index (χ1v) is 6.84. The summed E-state index contributed by atoms with van der Waals surface area (Å²) in [7, 11) is 0. The maximum atomic E-state index is 11.8. The average molecular weight is 272 g/mol. The van der Waals surface area contributed by atoms with Crippen LogP contribution in [0.3, 0.4) is 0 Å². The van der Waals surface area contributed by atoms with Crippen LogP contribution in [0.4, 0.5) is 5.69 Å². The van der Waals surface area contributed by atoms with E-state index >= 15 is 0 Å². The van der Waals surface area contributed by atoms with Gasteiger partial charge in [0.2, 0.25) is 5.91 Å². The molecule has 0 aliphatic heterocycles. The van der Waals surface area contributed by atoms with Crippen LogP contribution in [0.5, 0.6) is 0 Å². The van der Waals surface area contributed by atoms with E-state index in [2.05, 4.69) is 17.2 Å². The van der Waals surface area contributed by atoms with Crippen molar-refractivity contribution in [3.8, 4) is 11.4 Å². The third-order valence-corrected chi connectivity index (χ3v) is 3.05. The standard InChI is InChI=1S/C15H20N4O/c1-2-3-8-17-14(20)11-19-10-9-18-15(19)12-4-6-13(16)7-5-12/h4-7,9-10H,2-3,8,11,16H2,1H3,(H,17,20). The van der Waals surface area contributed by atoms with E-state index in [1.54, 1.807) is 6.20 Å². The van der Waals surface area contributed by atoms with Crippen LogP contribution < -0.4 is 11.1 Å². The number of rotatable bonds is 6. The molecule has 2 rings (SSSR count). The summed E-state index contributed by atoms with van der Waals surface area (Å²) in [4.78, 5) is 16.2. The monoisotopic (exact) mass is 272 g/mol. The van der Waals surface area contributed by atoms with Crippen LogP contribution in [0.25, 0.3) is 11.4 Å². The summed E-state index contributed by atoms with van der Waals surface area (Å²) in [5.41, 5.74) is 7.34. The van der Waals surface area contributed by atoms with E-state index in [0.717, 1.165) is 30.8 Å². The zero-order valence-electron chi connectivity index (χ0n) is 11.7. The summed E-state index contributed by atoms with van der Waals surface area (Å²) in [5, 5.41) is 2.90. The van der Waals surface area contributed by atoms with Gasteiger partial charge in [-0.15, -0.1) is 0 Å². The van der Waals surface area contributed by atoms with Gasteiger partial charge in [0.05, 0.1) is 0 Å². The molecule has 3 N–H and O–H groups in total. The smallest absolute Gasteiger partial charge is 0.239 e. The minimum atomic E-state index is 0.00754. The molecule has 0 saturated heterocycles. The third kappa shape index (κ3) is 3.60. The highest BCUT2D eigenvalue weighted by Gasteiger charge is 2.09. The van der Waals surface area contributed by atoms with Crippen molar-refractivity contribution in [3.05, 3.63) is 36.7 Å². The minimum absolute atomic E-state index is 0.00754. The third-order valence-electron chi connectivity index (χ3n) is 3.05. The van der Waals surface area contributed by atoms with Crippen molar-refractivity contribution >= 4 is 11.6 Å². The topological polar surface area (TPSA) is 72.9 Å². The lowest BCUT2D eigenvalue weighted by Gasteiger charge is -2.09. The summed E-state index contributed by atoms with van der Waals surface area (Å²) in [5.74, 6) is 0.781. The zero-order valence-corrected chi connectivity index (χ0v) is 11.7. The molecular formula is C15H20N4O. The molecule has 1 aromatic heterocycles. The van der Waals surface area contributed by atoms with E-state index in [-0.39, 0.29) is 12.5 Å². The predicted octanol–water partition coefficient (Wildman–Crippen LogP) is 2.05. The largest absolute Gasteiger partial charge is 0.399 e. The van der Waals surface area contributed by atoms with E-state index in [1.165, 1.54) is 0 Å². The van der Waals surface area contributed by atoms with E-state index in [9.17, 15) is 4.79 Å². The van der Waals surface area contributed by atoms with Gasteiger partial charge in [0.1, 0.15) is 12.4 Å². The fraction of sp³-hybridized carbons (Fsp3) is 0.333. The highest BCUT2D eigenvalue weighted by molar-refractivity contribution is 5.76. The van der Waals surface area contributed by atoms with Crippen molar-refractivity contribution < 1.29 is 4.79 Å². The highest BCUT2D eigenvalue weighted by Crippen LogP contribution is 2.18. The highest BCUT2D eigenvalue weighted by atomic mass is 16.1. The maximum Gasteiger partial charge on any atom is 0.239 e. The van der Waals surface area contributed by atoms with Gasteiger partial charge in [0.25, 0.3) is 0 Å². The molecule has 1 aromatic carbocycles. The first kappa shape index (κ1) is 14.1. The second-order valence-electron chi connectivity index (χ2n) is 4.70. The van der Waals surface area contributed by atoms with E-state index in [0.29, 0.717) is 5.69 Å². The van der Waals surface area contributed by atoms with Gasteiger partial charge >= 0.3 is 0 Å². The van der Waals surface area contributed by atoms with Crippen LogP contribution in [0, 0.1) is 0 Å². The number of nitrogens with two attached hydrogens (primary N) is 1. The number of anilines is 1. The average Bonchev–Trinajstić information content (AvgIpc) is 2.88. The van der Waals surface area contributed by atoms with Crippen molar-refractivity contribution in [2.75, 3.05) is 12.3 Å². The van der Waals surface area contributed by atoms with Gasteiger partial charge in [-0.3, -0.25) is 4.79 Å². The van der Waals surface area contributed by atoms with Crippen molar-refractivity contribution in [2.24, 2.45) is 0 Å². The molecule has 20 heavy (non-hydrogen) atoms. The molecule has 0 spiro atoms. The van der Waals surface area contributed by atoms with Crippen LogP contribution in [-0.2, 0) is 11.3 Å². The summed E-state index contributed by atoms with van der Waals surface area (Å²) in [6, 6.07) is 7.47. The van der Waals surface area contributed by atoms with Gasteiger partial charge in [0, 0.05) is 30.2 Å². The molecule has 0 saturated carbocycles. The molecule has 2 aromatic rings. The molecule has 0 aliphatic rings. The second kappa shape index (κ2) is 6.75. The maximum absolute atomic E-state index is 11.8. The second-order valence-corrected chi connectivity index (χ2v) is 4.70. The normalized spacial score (nSPS) is 10.4. The van der Waals surface area contributed by atoms with Crippen molar-refractivity contribution in [2.45, 2.75) is 26.3 Å². The van der Waals surface area contributed by atoms with E-state index in [4.69, 9.17) is 5.73 Å². The number of imidazole rings is 1. The van der Waals surface area contributed by atoms with Gasteiger partial charge in [-0.2, -0.15) is 0 Å². The summed E-state index contributed by atoms with van der Waals surface area (Å²) >= 11 is 0. The lowest BCUT2D eigenvalue weighted by atomic mass is 10.2. The van der Waals surface area contributed by atoms with Gasteiger partial charge < -0.3 is 15.6 Å². The number of unbranched alkanes of at least 4 members (excludes halogenated alkanes) is 1. The van der Waals surface area contributed by atoms with Crippen LogP contribution in [0.15, 0.2) is 36.7 Å². The number of nitrogens with zero attached hydrogens (tertiary/aromatic N) is 2. The molecule has 5 heteroatoms. The number of carbonyl (C=O) groups excluding carboxylic acids is 1. The van der Waals surface area contributed by atoms with Crippen LogP contribution in [0.2, 0.25) is 0 Å². The van der Waals surface area contributed by atoms with Crippen LogP contribution >= 0.6 is 0 Å². The van der Waals surface area contributed by atoms with Crippen LogP contribution in [-0.4, -0.2) is 22.0 Å². The van der Waals surface area contributed by atoms with Gasteiger partial charge in [-0.1, -0.05) is 13.3 Å². The Bertz CT molecular complexity index is 560. The molecule has 0 aliphatic carbocycles. The Morgan fingerprint density at radius 1 is 1.35 bits per heavy atom. The Hall–Kier alpha value is -2.30. The molecule has 0 atom stereocenters. The number of benzene rings is 1. The predicted molar refractivity (Wildman–Crippen MR) is 80.0 cm³/mol. The molecular weight excluding hydrogens is 252 g/mol. The Morgan fingerprint density at radius 3 is 2.80 bits per heavy atom. The lowest BCUT2D eigenvalue weighted by Crippen LogP contribution is -2.28. The summed E-state index contributed by atoms with van der Waals surface area (Å²) in [6.45, 7) is 3.10. The Balaban J connectivity index is 2.05. The fourth-order valence-corrected chi connectivity index (χ4v) is 1.94. The molecule has 5 nitrogen and oxygen atoms in total. The number of nitrogens with one attached hydrogen (secondary N) is 1. The van der Waals surface area contributed by atoms with Crippen molar-refractivity contribution in [1.82, 2.24) is 14.9 Å². The molecule has 0 radical (unpaired) electrons. The summed E-state index contributed by atoms with van der Waals surface area (Å²) in [6.07, 6.45) is 5.58. The fourth-order valence-electron chi connectivity index (χ4n) is 1.94. The molecule has 0 unspecified atom stereocenters. The molecule has 0 fully saturated rings. The number of hydrogen-bond donors (Lipinski definition) is 2. The summed E-state index contributed by atoms with van der Waals surface area (Å²) < 4.78 is 1.84. The first-order valence-electron chi connectivity index (χ1n) is 6.84. The molecule has 0 bridgehead atoms. The number of aromatic nitrogens is 2. The number of amides is 1. The number of hydrogen-bond acceptors (Lipinski definition) is 3. The van der Waals surface area contributed by atoms with E-state index < -0.39 is 0 Å². The van der Waals surface area contributed by atoms with E-state index in [1.807, 2.05) is 35.0 Å². The SMILES string of the molecule is CCCCNC(=O)Cn1ccnc1-c1ccc(N)cc1. The lowest BCUT2D eigenvalue weighted by molar-refractivity contribution is -0.121. The Labute approximate surface area is 118 Å². The van der Waals surface area contributed by atoms with Crippen molar-refractivity contribution in [1.29, 1.82) is 0 Å². The quantitative estimate of drug-likeness (QED) is 0.624.